The summed E-state index contributed by atoms with van der Waals surface area (Å²) in [6.07, 6.45) is 0.577. The molecule has 0 saturated heterocycles. The quantitative estimate of drug-likeness (QED) is 0.634. The van der Waals surface area contributed by atoms with E-state index in [1.165, 1.54) is 33.8 Å². The number of benzene rings is 2. The van der Waals surface area contributed by atoms with Crippen molar-refractivity contribution >= 4 is 44.6 Å². The highest BCUT2D eigenvalue weighted by Crippen LogP contribution is 2.29. The van der Waals surface area contributed by atoms with Gasteiger partial charge in [0.15, 0.2) is 0 Å². The molecule has 5 nitrogen and oxygen atoms in total. The van der Waals surface area contributed by atoms with E-state index in [2.05, 4.69) is 5.32 Å². The Hall–Kier alpha value is -2.26. The van der Waals surface area contributed by atoms with Crippen LogP contribution in [0.2, 0.25) is 5.02 Å². The van der Waals surface area contributed by atoms with Crippen molar-refractivity contribution in [2.45, 2.75) is 17.2 Å². The van der Waals surface area contributed by atoms with E-state index in [0.29, 0.717) is 22.9 Å². The Bertz CT molecular complexity index is 1160. The van der Waals surface area contributed by atoms with Crippen molar-refractivity contribution in [3.8, 4) is 0 Å². The maximum Gasteiger partial charge on any atom is 0.260 e. The van der Waals surface area contributed by atoms with E-state index < -0.39 is 21.7 Å². The van der Waals surface area contributed by atoms with E-state index in [0.717, 1.165) is 11.1 Å². The van der Waals surface area contributed by atoms with Gasteiger partial charge in [-0.25, -0.2) is 12.8 Å². The normalized spacial score (nSPS) is 14.4. The molecule has 1 N–H and O–H groups in total. The minimum Gasteiger partial charge on any atom is -0.322 e. The van der Waals surface area contributed by atoms with Crippen LogP contribution in [-0.4, -0.2) is 25.2 Å². The summed E-state index contributed by atoms with van der Waals surface area (Å²) in [6.45, 7) is 0.601. The molecule has 0 radical (unpaired) electrons. The zero-order chi connectivity index (χ0) is 20.6. The van der Waals surface area contributed by atoms with E-state index in [1.807, 2.05) is 6.07 Å². The van der Waals surface area contributed by atoms with Gasteiger partial charge in [0.25, 0.3) is 15.9 Å². The summed E-state index contributed by atoms with van der Waals surface area (Å²) in [5, 5.41) is 4.39. The third-order valence-electron chi connectivity index (χ3n) is 4.72. The van der Waals surface area contributed by atoms with Gasteiger partial charge in [-0.3, -0.25) is 4.79 Å². The molecule has 0 unspecified atom stereocenters. The van der Waals surface area contributed by atoms with E-state index in [4.69, 9.17) is 11.6 Å². The summed E-state index contributed by atoms with van der Waals surface area (Å²) in [5.74, 6) is -1.37. The van der Waals surface area contributed by atoms with E-state index in [-0.39, 0.29) is 17.1 Å². The Morgan fingerprint density at radius 2 is 1.97 bits per heavy atom. The monoisotopic (exact) mass is 450 g/mol. The molecule has 2 heterocycles. The number of rotatable bonds is 4. The standard InChI is InChI=1S/C20H16ClFN2O3S2/c21-16-3-1-4-17(22)19(16)20(25)23-15-7-6-13-8-9-24(12-14(13)11-15)29(26,27)18-5-2-10-28-18/h1-7,10-11H,8-9,12H2,(H,23,25). The number of carbonyl (C=O) groups excluding carboxylic acids is 1. The first-order chi connectivity index (χ1) is 13.9. The van der Waals surface area contributed by atoms with Gasteiger partial charge in [0, 0.05) is 18.8 Å². The largest absolute Gasteiger partial charge is 0.322 e. The molecule has 1 amide bonds. The van der Waals surface area contributed by atoms with Gasteiger partial charge >= 0.3 is 0 Å². The summed E-state index contributed by atoms with van der Waals surface area (Å²) < 4.78 is 41.3. The predicted octanol–water partition coefficient (Wildman–Crippen LogP) is 4.54. The Balaban J connectivity index is 1.57. The Morgan fingerprint density at radius 1 is 1.14 bits per heavy atom. The van der Waals surface area contributed by atoms with Gasteiger partial charge in [-0.2, -0.15) is 4.31 Å². The smallest absolute Gasteiger partial charge is 0.260 e. The third kappa shape index (κ3) is 3.93. The number of nitrogens with one attached hydrogen (secondary N) is 1. The molecular weight excluding hydrogens is 435 g/mol. The number of nitrogens with zero attached hydrogens (tertiary/aromatic N) is 1. The van der Waals surface area contributed by atoms with Crippen LogP contribution in [0.4, 0.5) is 10.1 Å². The molecule has 0 spiro atoms. The first kappa shape index (κ1) is 20.0. The lowest BCUT2D eigenvalue weighted by atomic mass is 10.0. The molecule has 9 heteroatoms. The molecule has 3 aromatic rings. The van der Waals surface area contributed by atoms with Crippen LogP contribution in [-0.2, 0) is 23.0 Å². The lowest BCUT2D eigenvalue weighted by Gasteiger charge is -2.28. The van der Waals surface area contributed by atoms with Gasteiger partial charge in [0.2, 0.25) is 0 Å². The van der Waals surface area contributed by atoms with Crippen molar-refractivity contribution < 1.29 is 17.6 Å². The molecule has 0 aliphatic carbocycles. The molecule has 0 atom stereocenters. The van der Waals surface area contributed by atoms with Gasteiger partial charge < -0.3 is 5.32 Å². The molecule has 0 bridgehead atoms. The van der Waals surface area contributed by atoms with Crippen molar-refractivity contribution in [2.75, 3.05) is 11.9 Å². The highest BCUT2D eigenvalue weighted by Gasteiger charge is 2.29. The first-order valence-corrected chi connectivity index (χ1v) is 11.5. The highest BCUT2D eigenvalue weighted by molar-refractivity contribution is 7.91. The van der Waals surface area contributed by atoms with E-state index in [1.54, 1.807) is 29.6 Å². The zero-order valence-electron chi connectivity index (χ0n) is 15.1. The van der Waals surface area contributed by atoms with Gasteiger partial charge in [0.05, 0.1) is 10.6 Å². The molecule has 4 rings (SSSR count). The van der Waals surface area contributed by atoms with Crippen LogP contribution in [0.5, 0.6) is 0 Å². The average Bonchev–Trinajstić information content (AvgIpc) is 3.23. The second-order valence-electron chi connectivity index (χ2n) is 6.55. The number of amides is 1. The zero-order valence-corrected chi connectivity index (χ0v) is 17.5. The molecule has 1 aliphatic rings. The van der Waals surface area contributed by atoms with E-state index >= 15 is 0 Å². The van der Waals surface area contributed by atoms with Crippen LogP contribution in [0.3, 0.4) is 0 Å². The molecular formula is C20H16ClFN2O3S2. The molecule has 1 aliphatic heterocycles. The van der Waals surface area contributed by atoms with Crippen LogP contribution in [0.25, 0.3) is 0 Å². The summed E-state index contributed by atoms with van der Waals surface area (Å²) in [6, 6.07) is 12.6. The van der Waals surface area contributed by atoms with Crippen molar-refractivity contribution in [3.63, 3.8) is 0 Å². The SMILES string of the molecule is O=C(Nc1ccc2c(c1)CN(S(=O)(=O)c1cccs1)CC2)c1c(F)cccc1Cl. The molecule has 29 heavy (non-hydrogen) atoms. The van der Waals surface area contributed by atoms with Crippen molar-refractivity contribution in [3.05, 3.63) is 81.4 Å². The minimum absolute atomic E-state index is 0.0219. The second kappa shape index (κ2) is 7.87. The van der Waals surface area contributed by atoms with Crippen LogP contribution in [0.1, 0.15) is 21.5 Å². The number of hydrogen-bond donors (Lipinski definition) is 1. The molecule has 0 saturated carbocycles. The number of fused-ring (bicyclic) bond motifs is 1. The van der Waals surface area contributed by atoms with Crippen molar-refractivity contribution in [1.29, 1.82) is 0 Å². The maximum atomic E-state index is 14.0. The third-order valence-corrected chi connectivity index (χ3v) is 8.25. The Labute approximate surface area is 176 Å². The van der Waals surface area contributed by atoms with Gasteiger partial charge in [-0.1, -0.05) is 29.8 Å². The summed E-state index contributed by atoms with van der Waals surface area (Å²) in [5.41, 5.74) is 2.04. The molecule has 150 valence electrons. The fourth-order valence-corrected chi connectivity index (χ4v) is 6.07. The number of thiophene rings is 1. The number of halogens is 2. The van der Waals surface area contributed by atoms with Crippen molar-refractivity contribution in [2.24, 2.45) is 0 Å². The Kier molecular flexibility index (Phi) is 5.44. The Morgan fingerprint density at radius 3 is 2.69 bits per heavy atom. The maximum absolute atomic E-state index is 14.0. The van der Waals surface area contributed by atoms with E-state index in [9.17, 15) is 17.6 Å². The fourth-order valence-electron chi connectivity index (χ4n) is 3.26. The highest BCUT2D eigenvalue weighted by atomic mass is 35.5. The van der Waals surface area contributed by atoms with Gasteiger partial charge in [-0.15, -0.1) is 11.3 Å². The fraction of sp³-hybridized carbons (Fsp3) is 0.150. The van der Waals surface area contributed by atoms with Crippen LogP contribution < -0.4 is 5.32 Å². The van der Waals surface area contributed by atoms with Crippen LogP contribution >= 0.6 is 22.9 Å². The summed E-state index contributed by atoms with van der Waals surface area (Å²) >= 11 is 7.13. The van der Waals surface area contributed by atoms with Crippen LogP contribution in [0, 0.1) is 5.82 Å². The first-order valence-electron chi connectivity index (χ1n) is 8.77. The number of anilines is 1. The molecule has 1 aromatic heterocycles. The number of hydrogen-bond acceptors (Lipinski definition) is 4. The topological polar surface area (TPSA) is 66.5 Å². The van der Waals surface area contributed by atoms with Crippen molar-refractivity contribution in [1.82, 2.24) is 4.31 Å². The lowest BCUT2D eigenvalue weighted by Crippen LogP contribution is -2.35. The minimum atomic E-state index is -3.55. The average molecular weight is 451 g/mol. The van der Waals surface area contributed by atoms with Gasteiger partial charge in [-0.05, 0) is 53.3 Å². The molecule has 0 fully saturated rings. The summed E-state index contributed by atoms with van der Waals surface area (Å²) in [4.78, 5) is 12.5. The predicted molar refractivity (Wildman–Crippen MR) is 111 cm³/mol. The summed E-state index contributed by atoms with van der Waals surface area (Å²) in [7, 11) is -3.55. The van der Waals surface area contributed by atoms with Crippen LogP contribution in [0.15, 0.2) is 58.1 Å². The molecule has 2 aromatic carbocycles. The number of sulfonamides is 1. The lowest BCUT2D eigenvalue weighted by molar-refractivity contribution is 0.102. The number of carbonyl (C=O) groups is 1. The second-order valence-corrected chi connectivity index (χ2v) is 10.1. The van der Waals surface area contributed by atoms with Gasteiger partial charge in [0.1, 0.15) is 10.0 Å².